The van der Waals surface area contributed by atoms with Gasteiger partial charge in [-0.3, -0.25) is 9.59 Å². The maximum atomic E-state index is 13.4. The molecule has 1 aliphatic rings. The molecule has 3 rings (SSSR count). The highest BCUT2D eigenvalue weighted by atomic mass is 35.5. The lowest BCUT2D eigenvalue weighted by Crippen LogP contribution is -2.51. The van der Waals surface area contributed by atoms with E-state index in [1.165, 1.54) is 11.8 Å². The van der Waals surface area contributed by atoms with Gasteiger partial charge in [-0.1, -0.05) is 78.8 Å². The van der Waals surface area contributed by atoms with E-state index in [0.29, 0.717) is 27.2 Å². The lowest BCUT2D eigenvalue weighted by molar-refractivity contribution is -0.139. The number of nitrogens with zero attached hydrogens (tertiary/aromatic N) is 1. The monoisotopic (exact) mass is 526 g/mol. The number of hydrogen-bond acceptors (Lipinski definition) is 3. The first-order valence-electron chi connectivity index (χ1n) is 11.2. The maximum Gasteiger partial charge on any atom is 0.243 e. The fraction of sp³-hybridized carbons (Fsp3) is 0.440. The maximum absolute atomic E-state index is 13.4. The van der Waals surface area contributed by atoms with Crippen LogP contribution in [0, 0.1) is 0 Å². The number of benzene rings is 2. The molecule has 1 saturated carbocycles. The molecule has 0 unspecified atom stereocenters. The Kier molecular flexibility index (Phi) is 10.2. The van der Waals surface area contributed by atoms with Crippen molar-refractivity contribution in [1.82, 2.24) is 10.2 Å². The van der Waals surface area contributed by atoms with Crippen molar-refractivity contribution in [3.8, 4) is 0 Å². The lowest BCUT2D eigenvalue weighted by atomic mass is 10.1. The first kappa shape index (κ1) is 26.2. The highest BCUT2D eigenvalue weighted by Gasteiger charge is 2.31. The van der Waals surface area contributed by atoms with E-state index in [0.717, 1.165) is 36.8 Å². The van der Waals surface area contributed by atoms with Gasteiger partial charge in [0.1, 0.15) is 6.04 Å². The summed E-state index contributed by atoms with van der Waals surface area (Å²) in [6, 6.07) is 12.5. The molecule has 1 N–H and O–H groups in total. The predicted octanol–water partition coefficient (Wildman–Crippen LogP) is 6.75. The number of thioether (sulfide) groups is 1. The van der Waals surface area contributed by atoms with Crippen LogP contribution in [0.4, 0.5) is 0 Å². The third-order valence-corrected chi connectivity index (χ3v) is 7.81. The summed E-state index contributed by atoms with van der Waals surface area (Å²) in [5.74, 6) is 0.653. The fourth-order valence-electron chi connectivity index (χ4n) is 4.07. The molecule has 1 aliphatic carbocycles. The molecule has 1 atom stereocenters. The average molecular weight is 528 g/mol. The molecule has 8 heteroatoms. The fourth-order valence-corrected chi connectivity index (χ4v) is 5.73. The van der Waals surface area contributed by atoms with Crippen molar-refractivity contribution < 1.29 is 9.59 Å². The first-order chi connectivity index (χ1) is 15.9. The molecule has 0 radical (unpaired) electrons. The Morgan fingerprint density at radius 3 is 2.45 bits per heavy atom. The molecule has 33 heavy (non-hydrogen) atoms. The van der Waals surface area contributed by atoms with Crippen LogP contribution < -0.4 is 5.32 Å². The summed E-state index contributed by atoms with van der Waals surface area (Å²) in [5.41, 5.74) is 1.74. The molecule has 1 fully saturated rings. The van der Waals surface area contributed by atoms with Gasteiger partial charge in [-0.05, 0) is 48.6 Å². The molecule has 0 aliphatic heterocycles. The minimum Gasteiger partial charge on any atom is -0.352 e. The van der Waals surface area contributed by atoms with Gasteiger partial charge < -0.3 is 10.2 Å². The predicted molar refractivity (Wildman–Crippen MR) is 139 cm³/mol. The molecule has 0 spiro atoms. The third kappa shape index (κ3) is 7.54. The molecule has 4 nitrogen and oxygen atoms in total. The number of carbonyl (C=O) groups is 2. The minimum absolute atomic E-state index is 0.0982. The number of carbonyl (C=O) groups excluding carboxylic acids is 2. The molecule has 2 amide bonds. The normalized spacial score (nSPS) is 14.8. The van der Waals surface area contributed by atoms with E-state index in [9.17, 15) is 9.59 Å². The van der Waals surface area contributed by atoms with Crippen LogP contribution in [-0.4, -0.2) is 34.6 Å². The molecule has 0 aromatic heterocycles. The molecule has 0 heterocycles. The third-order valence-electron chi connectivity index (χ3n) is 5.88. The van der Waals surface area contributed by atoms with Gasteiger partial charge in [0, 0.05) is 33.4 Å². The highest BCUT2D eigenvalue weighted by Crippen LogP contribution is 2.26. The zero-order chi connectivity index (χ0) is 23.8. The summed E-state index contributed by atoms with van der Waals surface area (Å²) in [6.45, 7) is 2.18. The molecule has 0 saturated heterocycles. The van der Waals surface area contributed by atoms with Crippen molar-refractivity contribution in [1.29, 1.82) is 0 Å². The van der Waals surface area contributed by atoms with Crippen LogP contribution in [0.2, 0.25) is 15.1 Å². The Bertz CT molecular complexity index is 966. The number of nitrogens with one attached hydrogen (secondary N) is 1. The van der Waals surface area contributed by atoms with Crippen LogP contribution >= 0.6 is 46.6 Å². The van der Waals surface area contributed by atoms with Crippen molar-refractivity contribution in [3.63, 3.8) is 0 Å². The largest absolute Gasteiger partial charge is 0.352 e. The smallest absolute Gasteiger partial charge is 0.243 e. The van der Waals surface area contributed by atoms with E-state index in [4.69, 9.17) is 34.8 Å². The Balaban J connectivity index is 1.74. The molecule has 0 bridgehead atoms. The number of amides is 2. The van der Waals surface area contributed by atoms with E-state index in [2.05, 4.69) is 5.32 Å². The summed E-state index contributed by atoms with van der Waals surface area (Å²) in [4.78, 5) is 28.2. The van der Waals surface area contributed by atoms with Crippen LogP contribution in [0.15, 0.2) is 42.5 Å². The summed E-state index contributed by atoms with van der Waals surface area (Å²) in [6.07, 6.45) is 4.76. The van der Waals surface area contributed by atoms with E-state index in [1.807, 2.05) is 37.3 Å². The zero-order valence-corrected chi connectivity index (χ0v) is 21.7. The van der Waals surface area contributed by atoms with Crippen molar-refractivity contribution in [2.24, 2.45) is 0 Å². The second-order valence-electron chi connectivity index (χ2n) is 8.26. The summed E-state index contributed by atoms with van der Waals surface area (Å²) >= 11 is 20.2. The van der Waals surface area contributed by atoms with Gasteiger partial charge >= 0.3 is 0 Å². The molecular formula is C25H29Cl3N2O2S. The quantitative estimate of drug-likeness (QED) is 0.372. The Hall–Kier alpha value is -1.40. The minimum atomic E-state index is -0.564. The van der Waals surface area contributed by atoms with Crippen molar-refractivity contribution in [3.05, 3.63) is 68.7 Å². The first-order valence-corrected chi connectivity index (χ1v) is 13.5. The van der Waals surface area contributed by atoms with Crippen molar-refractivity contribution in [2.45, 2.75) is 63.4 Å². The van der Waals surface area contributed by atoms with Gasteiger partial charge in [-0.15, -0.1) is 11.8 Å². The van der Waals surface area contributed by atoms with E-state index in [-0.39, 0.29) is 30.2 Å². The van der Waals surface area contributed by atoms with Gasteiger partial charge in [-0.2, -0.15) is 0 Å². The van der Waals surface area contributed by atoms with E-state index < -0.39 is 6.04 Å². The van der Waals surface area contributed by atoms with E-state index in [1.54, 1.807) is 17.0 Å². The summed E-state index contributed by atoms with van der Waals surface area (Å²) in [7, 11) is 0. The summed E-state index contributed by atoms with van der Waals surface area (Å²) < 4.78 is 0. The number of halogens is 3. The Morgan fingerprint density at radius 1 is 1.06 bits per heavy atom. The number of hydrogen-bond donors (Lipinski definition) is 1. The van der Waals surface area contributed by atoms with Gasteiger partial charge in [0.25, 0.3) is 0 Å². The van der Waals surface area contributed by atoms with Crippen molar-refractivity contribution in [2.75, 3.05) is 5.75 Å². The second-order valence-corrected chi connectivity index (χ2v) is 10.5. The number of rotatable bonds is 10. The van der Waals surface area contributed by atoms with Crippen LogP contribution in [0.3, 0.4) is 0 Å². The van der Waals surface area contributed by atoms with Crippen LogP contribution in [0.1, 0.15) is 50.2 Å². The van der Waals surface area contributed by atoms with Crippen LogP contribution in [0.5, 0.6) is 0 Å². The Labute approximate surface area is 215 Å². The molecule has 2 aromatic rings. The molecule has 178 valence electrons. The summed E-state index contributed by atoms with van der Waals surface area (Å²) in [5, 5.41) is 4.85. The average Bonchev–Trinajstić information content (AvgIpc) is 3.29. The van der Waals surface area contributed by atoms with Crippen LogP contribution in [-0.2, 0) is 21.9 Å². The van der Waals surface area contributed by atoms with Crippen LogP contribution in [0.25, 0.3) is 0 Å². The Morgan fingerprint density at radius 2 is 1.79 bits per heavy atom. The topological polar surface area (TPSA) is 49.4 Å². The zero-order valence-electron chi connectivity index (χ0n) is 18.7. The highest BCUT2D eigenvalue weighted by molar-refractivity contribution is 7.99. The second kappa shape index (κ2) is 12.9. The SMILES string of the molecule is CC[C@@H](C(=O)NC1CCCC1)N(Cc1ccc(Cl)cc1Cl)C(=O)CSCc1ccccc1Cl. The van der Waals surface area contributed by atoms with E-state index >= 15 is 0 Å². The standard InChI is InChI=1S/C25H29Cl3N2O2S/c1-2-23(25(32)29-20-8-4-5-9-20)30(14-17-11-12-19(26)13-22(17)28)24(31)16-33-15-18-7-3-6-10-21(18)27/h3,6-7,10-13,20,23H,2,4-5,8-9,14-16H2,1H3,(H,29,32)/t23-/m0/s1. The lowest BCUT2D eigenvalue weighted by Gasteiger charge is -2.31. The van der Waals surface area contributed by atoms with Gasteiger partial charge in [0.15, 0.2) is 0 Å². The van der Waals surface area contributed by atoms with Crippen molar-refractivity contribution >= 4 is 58.4 Å². The molecular weight excluding hydrogens is 499 g/mol. The van der Waals surface area contributed by atoms with Gasteiger partial charge in [-0.25, -0.2) is 0 Å². The van der Waals surface area contributed by atoms with Gasteiger partial charge in [0.2, 0.25) is 11.8 Å². The van der Waals surface area contributed by atoms with Gasteiger partial charge in [0.05, 0.1) is 5.75 Å². The molecule has 2 aromatic carbocycles.